The summed E-state index contributed by atoms with van der Waals surface area (Å²) in [6.07, 6.45) is 7.78. The molecule has 0 amide bonds. The van der Waals surface area contributed by atoms with E-state index >= 15 is 0 Å². The van der Waals surface area contributed by atoms with Crippen molar-refractivity contribution in [3.05, 3.63) is 23.8 Å². The zero-order chi connectivity index (χ0) is 13.3. The van der Waals surface area contributed by atoms with Gasteiger partial charge in [0.15, 0.2) is 0 Å². The van der Waals surface area contributed by atoms with Crippen LogP contribution in [-0.2, 0) is 9.53 Å². The molecule has 3 unspecified atom stereocenters. The molecule has 0 aromatic rings. The number of carbonyl (C=O) groups is 1. The number of hydrogen-bond acceptors (Lipinski definition) is 2. The summed E-state index contributed by atoms with van der Waals surface area (Å²) in [6.45, 7) is 8.54. The third-order valence-corrected chi connectivity index (χ3v) is 5.00. The molecule has 0 aromatic heterocycles. The highest BCUT2D eigenvalue weighted by atomic mass is 16.5. The van der Waals surface area contributed by atoms with Crippen molar-refractivity contribution in [2.75, 3.05) is 7.11 Å². The third-order valence-electron chi connectivity index (χ3n) is 5.00. The Labute approximate surface area is 110 Å². The van der Waals surface area contributed by atoms with Crippen LogP contribution in [-0.4, -0.2) is 13.1 Å². The van der Waals surface area contributed by atoms with Crippen molar-refractivity contribution in [1.29, 1.82) is 0 Å². The Hall–Kier alpha value is -1.05. The van der Waals surface area contributed by atoms with Crippen LogP contribution in [0.3, 0.4) is 0 Å². The Morgan fingerprint density at radius 2 is 2.22 bits per heavy atom. The Kier molecular flexibility index (Phi) is 3.65. The highest BCUT2D eigenvalue weighted by Crippen LogP contribution is 2.53. The summed E-state index contributed by atoms with van der Waals surface area (Å²) in [5.74, 6) is 0.789. The summed E-state index contributed by atoms with van der Waals surface area (Å²) in [5.41, 5.74) is 2.45. The third kappa shape index (κ3) is 2.25. The SMILES string of the molecule is C=C(C)C1CCC2(C)CCC=C(C(=O)OC)C2C1. The van der Waals surface area contributed by atoms with Gasteiger partial charge < -0.3 is 4.74 Å². The maximum atomic E-state index is 11.9. The monoisotopic (exact) mass is 248 g/mol. The van der Waals surface area contributed by atoms with Gasteiger partial charge in [0.25, 0.3) is 0 Å². The molecule has 2 aliphatic carbocycles. The summed E-state index contributed by atoms with van der Waals surface area (Å²) >= 11 is 0. The molecule has 3 atom stereocenters. The van der Waals surface area contributed by atoms with Gasteiger partial charge in [0.2, 0.25) is 0 Å². The van der Waals surface area contributed by atoms with E-state index in [1.54, 1.807) is 0 Å². The summed E-state index contributed by atoms with van der Waals surface area (Å²) in [7, 11) is 1.48. The van der Waals surface area contributed by atoms with Crippen molar-refractivity contribution in [3.63, 3.8) is 0 Å². The predicted octanol–water partition coefficient (Wildman–Crippen LogP) is 3.88. The molecule has 0 bridgehead atoms. The fraction of sp³-hybridized carbons (Fsp3) is 0.688. The number of methoxy groups -OCH3 is 1. The first-order valence-electron chi connectivity index (χ1n) is 6.91. The van der Waals surface area contributed by atoms with Crippen LogP contribution in [0, 0.1) is 17.3 Å². The number of rotatable bonds is 2. The van der Waals surface area contributed by atoms with Gasteiger partial charge in [0.05, 0.1) is 7.11 Å². The molecule has 2 nitrogen and oxygen atoms in total. The lowest BCUT2D eigenvalue weighted by atomic mass is 9.57. The maximum Gasteiger partial charge on any atom is 0.333 e. The van der Waals surface area contributed by atoms with E-state index in [1.165, 1.54) is 31.9 Å². The smallest absolute Gasteiger partial charge is 0.333 e. The van der Waals surface area contributed by atoms with Crippen molar-refractivity contribution < 1.29 is 9.53 Å². The van der Waals surface area contributed by atoms with Crippen LogP contribution in [0.5, 0.6) is 0 Å². The molecule has 2 aliphatic rings. The standard InChI is InChI=1S/C16H24O2/c1-11(2)12-7-9-16(3)8-5-6-13(14(16)10-12)15(17)18-4/h6,12,14H,1,5,7-10H2,2-4H3. The molecular weight excluding hydrogens is 224 g/mol. The predicted molar refractivity (Wildman–Crippen MR) is 73.1 cm³/mol. The van der Waals surface area contributed by atoms with Crippen molar-refractivity contribution in [3.8, 4) is 0 Å². The zero-order valence-corrected chi connectivity index (χ0v) is 11.8. The van der Waals surface area contributed by atoms with Gasteiger partial charge in [-0.2, -0.15) is 0 Å². The molecule has 18 heavy (non-hydrogen) atoms. The average Bonchev–Trinajstić information content (AvgIpc) is 2.35. The first-order valence-corrected chi connectivity index (χ1v) is 6.91. The van der Waals surface area contributed by atoms with E-state index in [4.69, 9.17) is 4.74 Å². The second-order valence-electron chi connectivity index (χ2n) is 6.21. The largest absolute Gasteiger partial charge is 0.466 e. The zero-order valence-electron chi connectivity index (χ0n) is 11.8. The van der Waals surface area contributed by atoms with E-state index in [-0.39, 0.29) is 11.4 Å². The molecule has 1 fully saturated rings. The fourth-order valence-corrected chi connectivity index (χ4v) is 3.66. The second kappa shape index (κ2) is 4.91. The van der Waals surface area contributed by atoms with Crippen molar-refractivity contribution in [1.82, 2.24) is 0 Å². The number of esters is 1. The molecular formula is C16H24O2. The van der Waals surface area contributed by atoms with E-state index < -0.39 is 0 Å². The number of ether oxygens (including phenoxy) is 1. The van der Waals surface area contributed by atoms with E-state index in [9.17, 15) is 4.79 Å². The number of carbonyl (C=O) groups excluding carboxylic acids is 1. The summed E-state index contributed by atoms with van der Waals surface area (Å²) < 4.78 is 4.95. The normalized spacial score (nSPS) is 35.4. The molecule has 100 valence electrons. The average molecular weight is 248 g/mol. The maximum absolute atomic E-state index is 11.9. The lowest BCUT2D eigenvalue weighted by Crippen LogP contribution is -2.39. The Balaban J connectivity index is 2.26. The van der Waals surface area contributed by atoms with Gasteiger partial charge >= 0.3 is 5.97 Å². The lowest BCUT2D eigenvalue weighted by Gasteiger charge is -2.47. The summed E-state index contributed by atoms with van der Waals surface area (Å²) in [5, 5.41) is 0. The van der Waals surface area contributed by atoms with Crippen LogP contribution in [0.1, 0.15) is 46.0 Å². The van der Waals surface area contributed by atoms with Crippen LogP contribution in [0.15, 0.2) is 23.8 Å². The first kappa shape index (κ1) is 13.4. The molecule has 0 aromatic carbocycles. The van der Waals surface area contributed by atoms with Crippen LogP contribution in [0.4, 0.5) is 0 Å². The quantitative estimate of drug-likeness (QED) is 0.547. The fourth-order valence-electron chi connectivity index (χ4n) is 3.66. The van der Waals surface area contributed by atoms with Gasteiger partial charge in [-0.1, -0.05) is 25.2 Å². The van der Waals surface area contributed by atoms with Crippen LogP contribution in [0.25, 0.3) is 0 Å². The molecule has 0 N–H and O–H groups in total. The van der Waals surface area contributed by atoms with Crippen LogP contribution >= 0.6 is 0 Å². The molecule has 0 saturated heterocycles. The van der Waals surface area contributed by atoms with Crippen LogP contribution < -0.4 is 0 Å². The van der Waals surface area contributed by atoms with Crippen molar-refractivity contribution in [2.24, 2.45) is 17.3 Å². The minimum absolute atomic E-state index is 0.131. The molecule has 2 rings (SSSR count). The number of fused-ring (bicyclic) bond motifs is 1. The highest BCUT2D eigenvalue weighted by molar-refractivity contribution is 5.89. The highest BCUT2D eigenvalue weighted by Gasteiger charge is 2.45. The van der Waals surface area contributed by atoms with E-state index in [0.717, 1.165) is 18.4 Å². The molecule has 0 aliphatic heterocycles. The minimum atomic E-state index is -0.131. The van der Waals surface area contributed by atoms with Crippen LogP contribution in [0.2, 0.25) is 0 Å². The van der Waals surface area contributed by atoms with Gasteiger partial charge in [-0.15, -0.1) is 0 Å². The molecule has 0 heterocycles. The Morgan fingerprint density at radius 3 is 2.83 bits per heavy atom. The van der Waals surface area contributed by atoms with Crippen molar-refractivity contribution in [2.45, 2.75) is 46.0 Å². The minimum Gasteiger partial charge on any atom is -0.466 e. The van der Waals surface area contributed by atoms with E-state index in [0.29, 0.717) is 11.8 Å². The van der Waals surface area contributed by atoms with Gasteiger partial charge in [0, 0.05) is 5.57 Å². The van der Waals surface area contributed by atoms with Gasteiger partial charge in [-0.05, 0) is 56.3 Å². The topological polar surface area (TPSA) is 26.3 Å². The lowest BCUT2D eigenvalue weighted by molar-refractivity contribution is -0.138. The van der Waals surface area contributed by atoms with Gasteiger partial charge in [-0.25, -0.2) is 4.79 Å². The summed E-state index contributed by atoms with van der Waals surface area (Å²) in [6, 6.07) is 0. The van der Waals surface area contributed by atoms with Crippen molar-refractivity contribution >= 4 is 5.97 Å². The summed E-state index contributed by atoms with van der Waals surface area (Å²) in [4.78, 5) is 11.9. The van der Waals surface area contributed by atoms with Gasteiger partial charge in [-0.3, -0.25) is 0 Å². The van der Waals surface area contributed by atoms with E-state index in [2.05, 4.69) is 26.5 Å². The molecule has 0 radical (unpaired) electrons. The Bertz CT molecular complexity index is 394. The van der Waals surface area contributed by atoms with Gasteiger partial charge in [0.1, 0.15) is 0 Å². The second-order valence-corrected chi connectivity index (χ2v) is 6.21. The van der Waals surface area contributed by atoms with E-state index in [1.807, 2.05) is 0 Å². The molecule has 2 heteroatoms. The first-order chi connectivity index (χ1) is 8.48. The molecule has 0 spiro atoms. The number of hydrogen-bond donors (Lipinski definition) is 0. The Morgan fingerprint density at radius 1 is 1.50 bits per heavy atom. The molecule has 1 saturated carbocycles. The number of allylic oxidation sites excluding steroid dienone is 2.